The summed E-state index contributed by atoms with van der Waals surface area (Å²) in [4.78, 5) is 49.1. The van der Waals surface area contributed by atoms with E-state index in [1.165, 1.54) is 12.1 Å². The van der Waals surface area contributed by atoms with Crippen molar-refractivity contribution >= 4 is 19.5 Å². The quantitative estimate of drug-likeness (QED) is 0.226. The number of hydrogen-bond acceptors (Lipinski definition) is 5. The molecule has 0 saturated heterocycles. The van der Waals surface area contributed by atoms with E-state index in [9.17, 15) is 23.8 Å². The van der Waals surface area contributed by atoms with Gasteiger partial charge in [0.25, 0.3) is 7.72 Å². The van der Waals surface area contributed by atoms with Gasteiger partial charge in [-0.2, -0.15) is 0 Å². The lowest BCUT2D eigenvalue weighted by molar-refractivity contribution is -0.139. The van der Waals surface area contributed by atoms with Crippen LogP contribution in [0.25, 0.3) is 22.4 Å². The predicted octanol–water partition coefficient (Wildman–Crippen LogP) is 5.66. The number of aromatic nitrogens is 1. The van der Waals surface area contributed by atoms with Crippen LogP contribution in [0.1, 0.15) is 49.9 Å². The van der Waals surface area contributed by atoms with Gasteiger partial charge in [0.2, 0.25) is 0 Å². The molecule has 0 bridgehead atoms. The molecule has 1 aromatic heterocycles. The maximum Gasteiger partial charge on any atom is 0.311 e. The molecule has 0 amide bonds. The molecule has 0 aliphatic rings. The van der Waals surface area contributed by atoms with Gasteiger partial charge in [-0.25, -0.2) is 14.2 Å². The largest absolute Gasteiger partial charge is 0.481 e. The summed E-state index contributed by atoms with van der Waals surface area (Å²) in [5, 5.41) is 8.84. The molecule has 0 saturated carbocycles. The monoisotopic (exact) mass is 512 g/mol. The summed E-state index contributed by atoms with van der Waals surface area (Å²) in [5.41, 5.74) is 6.05. The molecule has 0 aliphatic carbocycles. The molecule has 0 aliphatic heterocycles. The molecule has 3 N–H and O–H groups in total. The molecule has 3 aromatic rings. The molecule has 190 valence electrons. The molecule has 8 heteroatoms. The van der Waals surface area contributed by atoms with Crippen LogP contribution in [0, 0.1) is 5.82 Å². The second-order valence-electron chi connectivity index (χ2n) is 9.18. The zero-order valence-electron chi connectivity index (χ0n) is 20.7. The lowest BCUT2D eigenvalue weighted by Gasteiger charge is -2.24. The normalized spacial score (nSPS) is 11.6. The van der Waals surface area contributed by atoms with Crippen molar-refractivity contribution in [1.82, 2.24) is 4.98 Å². The Hall–Kier alpha value is -2.99. The van der Waals surface area contributed by atoms with Gasteiger partial charge in [-0.3, -0.25) is 14.6 Å². The van der Waals surface area contributed by atoms with Crippen LogP contribution in [0.3, 0.4) is 0 Å². The van der Waals surface area contributed by atoms with Crippen LogP contribution in [0.4, 0.5) is 4.39 Å². The van der Waals surface area contributed by atoms with Crippen molar-refractivity contribution in [2.45, 2.75) is 46.0 Å². The van der Waals surface area contributed by atoms with E-state index < -0.39 is 32.1 Å². The Labute approximate surface area is 211 Å². The number of Topliss-reactive ketones (excluding diaryl/α,β-unsaturated/α-hetero) is 1. The van der Waals surface area contributed by atoms with Crippen LogP contribution in [0.15, 0.2) is 54.6 Å². The van der Waals surface area contributed by atoms with Gasteiger partial charge in [-0.05, 0) is 46.7 Å². The van der Waals surface area contributed by atoms with Gasteiger partial charge in [-0.15, -0.1) is 0 Å². The summed E-state index contributed by atoms with van der Waals surface area (Å²) >= 11 is 0. The van der Waals surface area contributed by atoms with E-state index in [1.807, 2.05) is 51.1 Å². The zero-order valence-corrected chi connectivity index (χ0v) is 21.6. The Balaban J connectivity index is 2.16. The zero-order chi connectivity index (χ0) is 26.5. The molecule has 36 heavy (non-hydrogen) atoms. The van der Waals surface area contributed by atoms with E-state index in [4.69, 9.17) is 10.1 Å². The number of halogens is 1. The summed E-state index contributed by atoms with van der Waals surface area (Å²) in [5.74, 6) is -2.36. The third-order valence-electron chi connectivity index (χ3n) is 6.01. The molecule has 0 fully saturated rings. The average Bonchev–Trinajstić information content (AvgIpc) is 2.81. The molecular formula is C28H32FNO5P+. The summed E-state index contributed by atoms with van der Waals surface area (Å²) in [7, 11) is -3.68. The second-order valence-corrected chi connectivity index (χ2v) is 11.7. The van der Waals surface area contributed by atoms with E-state index in [-0.39, 0.29) is 24.3 Å². The highest BCUT2D eigenvalue weighted by molar-refractivity contribution is 7.65. The fourth-order valence-corrected chi connectivity index (χ4v) is 5.85. The smallest absolute Gasteiger partial charge is 0.311 e. The fraction of sp³-hybridized carbons (Fsp3) is 0.321. The average molecular weight is 513 g/mol. The van der Waals surface area contributed by atoms with Gasteiger partial charge in [0, 0.05) is 17.7 Å². The van der Waals surface area contributed by atoms with Crippen LogP contribution < -0.4 is 0 Å². The molecule has 6 nitrogen and oxygen atoms in total. The van der Waals surface area contributed by atoms with Crippen LogP contribution in [-0.2, 0) is 22.4 Å². The summed E-state index contributed by atoms with van der Waals surface area (Å²) in [6, 6.07) is 16.0. The van der Waals surface area contributed by atoms with Gasteiger partial charge in [0.1, 0.15) is 18.4 Å². The third kappa shape index (κ3) is 6.82. The number of carboxylic acid groups (broad SMARTS) is 1. The molecule has 0 spiro atoms. The molecular weight excluding hydrogens is 480 g/mol. The van der Waals surface area contributed by atoms with Crippen LogP contribution >= 0.6 is 7.72 Å². The summed E-state index contributed by atoms with van der Waals surface area (Å²) in [6.07, 6.45) is -0.518. The van der Waals surface area contributed by atoms with Crippen molar-refractivity contribution in [3.63, 3.8) is 0 Å². The number of carbonyl (C=O) groups is 2. The number of carboxylic acids is 1. The standard InChI is InChI=1S/C28H31FNO5P/c1-4-23-26(19-10-12-21(29)13-11-19)24(14-15-36(34,35)17-22(31)16-25(32)33)27(18(2)3)30-28(23)20-8-6-5-7-9-20/h5-13,18,34-35H,4,14-17H2,1-3H3/p+1. The third-order valence-corrected chi connectivity index (χ3v) is 7.81. The minimum atomic E-state index is -3.68. The maximum atomic E-state index is 13.8. The van der Waals surface area contributed by atoms with E-state index >= 15 is 0 Å². The maximum absolute atomic E-state index is 13.8. The van der Waals surface area contributed by atoms with Crippen molar-refractivity contribution in [3.05, 3.63) is 77.2 Å². The minimum Gasteiger partial charge on any atom is -0.481 e. The van der Waals surface area contributed by atoms with Gasteiger partial charge >= 0.3 is 5.97 Å². The number of rotatable bonds is 11. The highest BCUT2D eigenvalue weighted by atomic mass is 31.2. The SMILES string of the molecule is CCc1c(-c2ccccc2)nc(C(C)C)c(CC[P+](O)(O)CC(=O)CC(=O)O)c1-c1ccc(F)cc1. The number of ketones is 1. The highest BCUT2D eigenvalue weighted by Gasteiger charge is 2.37. The lowest BCUT2D eigenvalue weighted by atomic mass is 9.86. The van der Waals surface area contributed by atoms with Crippen molar-refractivity contribution < 1.29 is 28.9 Å². The minimum absolute atomic E-state index is 0.00586. The van der Waals surface area contributed by atoms with Crippen LogP contribution in [0.2, 0.25) is 0 Å². The number of pyridine rings is 1. The first-order valence-electron chi connectivity index (χ1n) is 12.0. The highest BCUT2D eigenvalue weighted by Crippen LogP contribution is 2.51. The lowest BCUT2D eigenvalue weighted by Crippen LogP contribution is -2.17. The van der Waals surface area contributed by atoms with E-state index in [1.54, 1.807) is 12.1 Å². The molecule has 0 atom stereocenters. The number of carbonyl (C=O) groups excluding carboxylic acids is 1. The van der Waals surface area contributed by atoms with Crippen molar-refractivity contribution in [2.75, 3.05) is 12.3 Å². The van der Waals surface area contributed by atoms with E-state index in [2.05, 4.69) is 0 Å². The van der Waals surface area contributed by atoms with Crippen LogP contribution in [-0.4, -0.2) is 44.0 Å². The molecule has 2 aromatic carbocycles. The van der Waals surface area contributed by atoms with Crippen molar-refractivity contribution in [3.8, 4) is 22.4 Å². The Kier molecular flexibility index (Phi) is 9.07. The first-order valence-corrected chi connectivity index (χ1v) is 14.0. The Morgan fingerprint density at radius 2 is 1.61 bits per heavy atom. The number of nitrogens with zero attached hydrogens (tertiary/aromatic N) is 1. The predicted molar refractivity (Wildman–Crippen MR) is 141 cm³/mol. The number of aliphatic carboxylic acids is 1. The number of benzene rings is 2. The van der Waals surface area contributed by atoms with Crippen molar-refractivity contribution in [2.24, 2.45) is 0 Å². The fourth-order valence-electron chi connectivity index (χ4n) is 4.44. The van der Waals surface area contributed by atoms with Gasteiger partial charge < -0.3 is 5.11 Å². The Morgan fingerprint density at radius 1 is 0.972 bits per heavy atom. The van der Waals surface area contributed by atoms with Gasteiger partial charge in [-0.1, -0.05) is 63.2 Å². The first kappa shape index (κ1) is 27.6. The molecule has 0 radical (unpaired) electrons. The first-order chi connectivity index (χ1) is 17.0. The molecule has 1 heterocycles. The Morgan fingerprint density at radius 3 is 2.17 bits per heavy atom. The summed E-state index contributed by atoms with van der Waals surface area (Å²) < 4.78 is 13.8. The van der Waals surface area contributed by atoms with Gasteiger partial charge in [0.05, 0.1) is 5.69 Å². The topological polar surface area (TPSA) is 108 Å². The molecule has 0 unspecified atom stereocenters. The summed E-state index contributed by atoms with van der Waals surface area (Å²) in [6.45, 7) is 6.05. The molecule has 3 rings (SSSR count). The van der Waals surface area contributed by atoms with E-state index in [0.29, 0.717) is 6.42 Å². The van der Waals surface area contributed by atoms with Crippen LogP contribution in [0.5, 0.6) is 0 Å². The number of hydrogen-bond donors (Lipinski definition) is 3. The van der Waals surface area contributed by atoms with Crippen molar-refractivity contribution in [1.29, 1.82) is 0 Å². The second kappa shape index (κ2) is 11.8. The van der Waals surface area contributed by atoms with E-state index in [0.717, 1.165) is 39.2 Å². The Bertz CT molecular complexity index is 1230. The van der Waals surface area contributed by atoms with Gasteiger partial charge in [0.15, 0.2) is 11.9 Å².